The highest BCUT2D eigenvalue weighted by Gasteiger charge is 1.92. The van der Waals surface area contributed by atoms with E-state index in [0.29, 0.717) is 11.8 Å². The van der Waals surface area contributed by atoms with Gasteiger partial charge in [-0.3, -0.25) is 0 Å². The fraction of sp³-hybridized carbons (Fsp3) is 0.750. The third-order valence-corrected chi connectivity index (χ3v) is 2.11. The third kappa shape index (κ3) is 17.2. The van der Waals surface area contributed by atoms with E-state index in [1.807, 2.05) is 12.2 Å². The number of hydrogen-bond donors (Lipinski definition) is 0. The van der Waals surface area contributed by atoms with E-state index in [9.17, 15) is 0 Å². The summed E-state index contributed by atoms with van der Waals surface area (Å²) in [6.45, 7) is 11.7. The van der Waals surface area contributed by atoms with E-state index in [1.54, 1.807) is 12.5 Å². The lowest BCUT2D eigenvalue weighted by atomic mass is 10.2. The van der Waals surface area contributed by atoms with Crippen molar-refractivity contribution >= 4 is 0 Å². The molecule has 0 fully saturated rings. The van der Waals surface area contributed by atoms with Crippen LogP contribution >= 0.6 is 0 Å². The maximum Gasteiger partial charge on any atom is 0.0862 e. The van der Waals surface area contributed by atoms with Gasteiger partial charge in [-0.25, -0.2) is 0 Å². The first-order chi connectivity index (χ1) is 9.13. The van der Waals surface area contributed by atoms with Gasteiger partial charge in [-0.1, -0.05) is 27.7 Å². The van der Waals surface area contributed by atoms with Gasteiger partial charge in [0.1, 0.15) is 0 Å². The lowest BCUT2D eigenvalue weighted by Gasteiger charge is -2.04. The molecule has 112 valence electrons. The highest BCUT2D eigenvalue weighted by atomic mass is 16.5. The minimum atomic E-state index is 0.598. The van der Waals surface area contributed by atoms with Crippen LogP contribution in [0.2, 0.25) is 0 Å². The Bertz CT molecular complexity index is 208. The monoisotopic (exact) mass is 270 g/mol. The Labute approximate surface area is 118 Å². The van der Waals surface area contributed by atoms with Crippen molar-refractivity contribution in [3.8, 4) is 0 Å². The van der Waals surface area contributed by atoms with Crippen molar-refractivity contribution in [2.75, 3.05) is 26.4 Å². The Hall–Kier alpha value is -0.800. The molecule has 0 aromatic carbocycles. The Morgan fingerprint density at radius 3 is 1.53 bits per heavy atom. The van der Waals surface area contributed by atoms with Crippen LogP contribution in [0.25, 0.3) is 0 Å². The summed E-state index contributed by atoms with van der Waals surface area (Å²) in [5, 5.41) is 0. The number of hydrogen-bond acceptors (Lipinski definition) is 3. The molecule has 0 aliphatic rings. The van der Waals surface area contributed by atoms with Crippen LogP contribution in [0.3, 0.4) is 0 Å². The Morgan fingerprint density at radius 1 is 0.737 bits per heavy atom. The normalized spacial score (nSPS) is 12.3. The van der Waals surface area contributed by atoms with E-state index in [2.05, 4.69) is 27.7 Å². The van der Waals surface area contributed by atoms with Crippen LogP contribution in [0, 0.1) is 11.8 Å². The Balaban J connectivity index is 3.23. The summed E-state index contributed by atoms with van der Waals surface area (Å²) in [7, 11) is 0. The topological polar surface area (TPSA) is 27.7 Å². The van der Waals surface area contributed by atoms with Gasteiger partial charge < -0.3 is 14.2 Å². The van der Waals surface area contributed by atoms with E-state index in [0.717, 1.165) is 39.3 Å². The van der Waals surface area contributed by atoms with Gasteiger partial charge >= 0.3 is 0 Å². The zero-order valence-corrected chi connectivity index (χ0v) is 12.9. The summed E-state index contributed by atoms with van der Waals surface area (Å²) < 4.78 is 16.1. The van der Waals surface area contributed by atoms with Crippen LogP contribution in [-0.4, -0.2) is 26.4 Å². The molecule has 0 atom stereocenters. The molecule has 0 heterocycles. The highest BCUT2D eigenvalue weighted by molar-refractivity contribution is 4.79. The maximum absolute atomic E-state index is 5.44. The van der Waals surface area contributed by atoms with Crippen LogP contribution in [0.15, 0.2) is 24.7 Å². The highest BCUT2D eigenvalue weighted by Crippen LogP contribution is 1.96. The summed E-state index contributed by atoms with van der Waals surface area (Å²) >= 11 is 0. The lowest BCUT2D eigenvalue weighted by Crippen LogP contribution is -2.02. The Morgan fingerprint density at radius 2 is 1.16 bits per heavy atom. The molecule has 0 aromatic rings. The maximum atomic E-state index is 5.44. The first-order valence-corrected chi connectivity index (χ1v) is 7.24. The van der Waals surface area contributed by atoms with Crippen LogP contribution in [0.4, 0.5) is 0 Å². The number of ether oxygens (including phenoxy) is 3. The molecule has 0 rings (SSSR count). The zero-order chi connectivity index (χ0) is 14.3. The van der Waals surface area contributed by atoms with E-state index < -0.39 is 0 Å². The average Bonchev–Trinajstić information content (AvgIpc) is 2.34. The molecule has 0 saturated heterocycles. The molecule has 0 radical (unpaired) electrons. The summed E-state index contributed by atoms with van der Waals surface area (Å²) in [6.07, 6.45) is 9.12. The molecule has 3 heteroatoms. The molecular formula is C16H30O3. The van der Waals surface area contributed by atoms with E-state index >= 15 is 0 Å². The van der Waals surface area contributed by atoms with Crippen LogP contribution in [0.5, 0.6) is 0 Å². The van der Waals surface area contributed by atoms with Gasteiger partial charge in [0.25, 0.3) is 0 Å². The van der Waals surface area contributed by atoms with Gasteiger partial charge in [0.15, 0.2) is 0 Å². The van der Waals surface area contributed by atoms with Gasteiger partial charge in [0, 0.05) is 13.2 Å². The quantitative estimate of drug-likeness (QED) is 0.394. The molecule has 0 saturated carbocycles. The predicted octanol–water partition coefficient (Wildman–Crippen LogP) is 4.16. The molecule has 0 aromatic heterocycles. The smallest absolute Gasteiger partial charge is 0.0862 e. The van der Waals surface area contributed by atoms with E-state index in [-0.39, 0.29) is 0 Å². The fourth-order valence-corrected chi connectivity index (χ4v) is 1.23. The van der Waals surface area contributed by atoms with Gasteiger partial charge in [0.05, 0.1) is 25.7 Å². The molecule has 0 unspecified atom stereocenters. The molecule has 19 heavy (non-hydrogen) atoms. The molecule has 0 aliphatic carbocycles. The first-order valence-electron chi connectivity index (χ1n) is 7.24. The molecule has 0 bridgehead atoms. The standard InChI is InChI=1S/C16H30O3/c1-15(2)13-18-11-7-5-9-17-10-6-8-12-19-14-16(3)4/h5-6,9-10,15-16H,7-8,11-14H2,1-4H3. The van der Waals surface area contributed by atoms with Crippen molar-refractivity contribution < 1.29 is 14.2 Å². The zero-order valence-electron chi connectivity index (χ0n) is 12.9. The summed E-state index contributed by atoms with van der Waals surface area (Å²) in [6, 6.07) is 0. The van der Waals surface area contributed by atoms with Crippen molar-refractivity contribution in [1.82, 2.24) is 0 Å². The minimum absolute atomic E-state index is 0.598. The second kappa shape index (κ2) is 13.6. The SMILES string of the molecule is CC(C)COCCC=COC=CCCOCC(C)C. The second-order valence-electron chi connectivity index (χ2n) is 5.39. The van der Waals surface area contributed by atoms with Crippen molar-refractivity contribution in [3.63, 3.8) is 0 Å². The van der Waals surface area contributed by atoms with Crippen molar-refractivity contribution in [2.45, 2.75) is 40.5 Å². The fourth-order valence-electron chi connectivity index (χ4n) is 1.23. The lowest BCUT2D eigenvalue weighted by molar-refractivity contribution is 0.113. The second-order valence-corrected chi connectivity index (χ2v) is 5.39. The van der Waals surface area contributed by atoms with Gasteiger partial charge in [-0.05, 0) is 36.8 Å². The van der Waals surface area contributed by atoms with Crippen LogP contribution in [-0.2, 0) is 14.2 Å². The van der Waals surface area contributed by atoms with Gasteiger partial charge in [0.2, 0.25) is 0 Å². The first kappa shape index (κ1) is 18.2. The average molecular weight is 270 g/mol. The van der Waals surface area contributed by atoms with Crippen molar-refractivity contribution in [1.29, 1.82) is 0 Å². The predicted molar refractivity (Wildman–Crippen MR) is 79.9 cm³/mol. The molecule has 0 aliphatic heterocycles. The molecule has 0 N–H and O–H groups in total. The molecule has 0 amide bonds. The number of rotatable bonds is 12. The Kier molecular flexibility index (Phi) is 13.1. The summed E-state index contributed by atoms with van der Waals surface area (Å²) in [5.41, 5.74) is 0. The van der Waals surface area contributed by atoms with Gasteiger partial charge in [-0.15, -0.1) is 0 Å². The van der Waals surface area contributed by atoms with E-state index in [1.165, 1.54) is 0 Å². The summed E-state index contributed by atoms with van der Waals surface area (Å²) in [5.74, 6) is 1.20. The van der Waals surface area contributed by atoms with E-state index in [4.69, 9.17) is 14.2 Å². The third-order valence-electron chi connectivity index (χ3n) is 2.11. The summed E-state index contributed by atoms with van der Waals surface area (Å²) in [4.78, 5) is 0. The van der Waals surface area contributed by atoms with Crippen molar-refractivity contribution in [2.24, 2.45) is 11.8 Å². The minimum Gasteiger partial charge on any atom is -0.473 e. The molecular weight excluding hydrogens is 240 g/mol. The van der Waals surface area contributed by atoms with Crippen LogP contribution < -0.4 is 0 Å². The van der Waals surface area contributed by atoms with Crippen molar-refractivity contribution in [3.05, 3.63) is 24.7 Å². The largest absolute Gasteiger partial charge is 0.473 e. The molecule has 3 nitrogen and oxygen atoms in total. The van der Waals surface area contributed by atoms with Crippen LogP contribution in [0.1, 0.15) is 40.5 Å². The molecule has 0 spiro atoms. The van der Waals surface area contributed by atoms with Gasteiger partial charge in [-0.2, -0.15) is 0 Å².